The molecule has 0 spiro atoms. The molecule has 1 atom stereocenters. The van der Waals surface area contributed by atoms with Gasteiger partial charge in [-0.2, -0.15) is 0 Å². The molecule has 0 bridgehead atoms. The Bertz CT molecular complexity index is 120. The van der Waals surface area contributed by atoms with Crippen molar-refractivity contribution in [1.29, 1.82) is 0 Å². The monoisotopic (exact) mass is 110 g/mol. The molecule has 0 aromatic heterocycles. The summed E-state index contributed by atoms with van der Waals surface area (Å²) in [7, 11) is 0. The first-order valence-corrected chi connectivity index (χ1v) is 3.24. The van der Waals surface area contributed by atoms with E-state index in [2.05, 4.69) is 11.6 Å². The van der Waals surface area contributed by atoms with E-state index < -0.39 is 0 Å². The SMILES string of the molecule is CC1C=[N+]=CCCC1. The molecule has 8 heavy (non-hydrogen) atoms. The predicted molar refractivity (Wildman–Crippen MR) is 37.3 cm³/mol. The largest absolute Gasteiger partial charge is 0.271 e. The topological polar surface area (TPSA) is 14.1 Å². The molecule has 0 amide bonds. The van der Waals surface area contributed by atoms with Crippen molar-refractivity contribution in [2.45, 2.75) is 26.2 Å². The molecule has 1 aliphatic heterocycles. The van der Waals surface area contributed by atoms with Gasteiger partial charge >= 0.3 is 0 Å². The summed E-state index contributed by atoms with van der Waals surface area (Å²) in [5, 5.41) is 0. The Balaban J connectivity index is 2.49. The molecule has 0 N–H and O–H groups in total. The van der Waals surface area contributed by atoms with Crippen molar-refractivity contribution in [2.24, 2.45) is 5.92 Å². The molecule has 1 rings (SSSR count). The quantitative estimate of drug-likeness (QED) is 0.413. The summed E-state index contributed by atoms with van der Waals surface area (Å²) >= 11 is 0. The summed E-state index contributed by atoms with van der Waals surface area (Å²) < 4.78 is 4.10. The van der Waals surface area contributed by atoms with Crippen LogP contribution in [0.5, 0.6) is 0 Å². The molecule has 1 heterocycles. The van der Waals surface area contributed by atoms with Gasteiger partial charge in [0.25, 0.3) is 12.4 Å². The van der Waals surface area contributed by atoms with Gasteiger partial charge in [0.05, 0.1) is 5.92 Å². The van der Waals surface area contributed by atoms with Crippen molar-refractivity contribution in [3.05, 3.63) is 0 Å². The standard InChI is InChI=1S/C7H12N/c1-7-4-2-3-5-8-6-7/h5-7H,2-4H2,1H3/q+1. The summed E-state index contributed by atoms with van der Waals surface area (Å²) in [5.41, 5.74) is 0. The lowest BCUT2D eigenvalue weighted by Crippen LogP contribution is -1.93. The van der Waals surface area contributed by atoms with E-state index in [0.29, 0.717) is 5.92 Å². The average molecular weight is 110 g/mol. The minimum Gasteiger partial charge on any atom is -0.110 e. The van der Waals surface area contributed by atoms with Crippen LogP contribution in [0.3, 0.4) is 0 Å². The molecule has 0 saturated carbocycles. The van der Waals surface area contributed by atoms with Gasteiger partial charge in [-0.3, -0.25) is 0 Å². The first-order chi connectivity index (χ1) is 3.89. The third-order valence-electron chi connectivity index (χ3n) is 1.44. The lowest BCUT2D eigenvalue weighted by molar-refractivity contribution is 0.667. The van der Waals surface area contributed by atoms with E-state index in [4.69, 9.17) is 0 Å². The van der Waals surface area contributed by atoms with Crippen LogP contribution in [0, 0.1) is 5.92 Å². The van der Waals surface area contributed by atoms with Crippen LogP contribution in [0.4, 0.5) is 0 Å². The van der Waals surface area contributed by atoms with E-state index in [1.807, 2.05) is 12.4 Å². The maximum Gasteiger partial charge on any atom is 0.271 e. The third kappa shape index (κ3) is 1.51. The third-order valence-corrected chi connectivity index (χ3v) is 1.44. The zero-order valence-corrected chi connectivity index (χ0v) is 5.30. The van der Waals surface area contributed by atoms with E-state index in [9.17, 15) is 0 Å². The van der Waals surface area contributed by atoms with Crippen LogP contribution in [0.2, 0.25) is 0 Å². The van der Waals surface area contributed by atoms with E-state index >= 15 is 0 Å². The van der Waals surface area contributed by atoms with Gasteiger partial charge in [-0.1, -0.05) is 6.92 Å². The van der Waals surface area contributed by atoms with Crippen LogP contribution in [0.25, 0.3) is 0 Å². The molecule has 0 fully saturated rings. The summed E-state index contributed by atoms with van der Waals surface area (Å²) in [4.78, 5) is 0. The number of rotatable bonds is 0. The number of hydrogen-bond acceptors (Lipinski definition) is 0. The van der Waals surface area contributed by atoms with Crippen molar-refractivity contribution in [2.75, 3.05) is 0 Å². The van der Waals surface area contributed by atoms with Crippen LogP contribution in [0.15, 0.2) is 0 Å². The molecule has 1 unspecified atom stereocenters. The first-order valence-electron chi connectivity index (χ1n) is 3.24. The normalized spacial score (nSPS) is 27.9. The van der Waals surface area contributed by atoms with Crippen LogP contribution in [-0.4, -0.2) is 12.4 Å². The second-order valence-electron chi connectivity index (χ2n) is 2.39. The van der Waals surface area contributed by atoms with Crippen molar-refractivity contribution in [1.82, 2.24) is 4.67 Å². The molecule has 0 radical (unpaired) electrons. The van der Waals surface area contributed by atoms with Gasteiger partial charge in [0, 0.05) is 6.42 Å². The molecule has 44 valence electrons. The van der Waals surface area contributed by atoms with Gasteiger partial charge in [0.15, 0.2) is 0 Å². The fraction of sp³-hybridized carbons (Fsp3) is 0.714. The number of nitrogens with zero attached hydrogens (tertiary/aromatic N) is 1. The molecule has 1 heteroatoms. The number of hydrogen-bond donors (Lipinski definition) is 0. The highest BCUT2D eigenvalue weighted by Crippen LogP contribution is 2.03. The predicted octanol–water partition coefficient (Wildman–Crippen LogP) is 1.02. The van der Waals surface area contributed by atoms with Crippen LogP contribution >= 0.6 is 0 Å². The molecular formula is C7H12N+. The van der Waals surface area contributed by atoms with E-state index in [-0.39, 0.29) is 0 Å². The molecule has 0 saturated heterocycles. The molecule has 0 aromatic rings. The zero-order chi connectivity index (χ0) is 5.82. The van der Waals surface area contributed by atoms with Gasteiger partial charge in [-0.05, 0) is 12.8 Å². The molecule has 1 nitrogen and oxygen atoms in total. The van der Waals surface area contributed by atoms with Crippen molar-refractivity contribution in [3.8, 4) is 0 Å². The van der Waals surface area contributed by atoms with E-state index in [0.717, 1.165) is 0 Å². The molecular weight excluding hydrogens is 98.1 g/mol. The summed E-state index contributed by atoms with van der Waals surface area (Å²) in [6.07, 6.45) is 7.82. The van der Waals surface area contributed by atoms with Crippen LogP contribution < -0.4 is 4.67 Å². The highest BCUT2D eigenvalue weighted by Gasteiger charge is 2.05. The van der Waals surface area contributed by atoms with Gasteiger partial charge < -0.3 is 0 Å². The van der Waals surface area contributed by atoms with Gasteiger partial charge in [0.1, 0.15) is 0 Å². The summed E-state index contributed by atoms with van der Waals surface area (Å²) in [5.74, 6) is 0.703. The van der Waals surface area contributed by atoms with Crippen molar-refractivity contribution < 1.29 is 0 Å². The maximum atomic E-state index is 4.10. The van der Waals surface area contributed by atoms with Gasteiger partial charge in [0.2, 0.25) is 0 Å². The van der Waals surface area contributed by atoms with Gasteiger partial charge in [-0.25, -0.2) is 0 Å². The Hall–Kier alpha value is -0.550. The summed E-state index contributed by atoms with van der Waals surface area (Å²) in [6, 6.07) is 0. The minimum absolute atomic E-state index is 0.703. The van der Waals surface area contributed by atoms with Gasteiger partial charge in [-0.15, -0.1) is 4.67 Å². The van der Waals surface area contributed by atoms with Crippen LogP contribution in [0.1, 0.15) is 26.2 Å². The smallest absolute Gasteiger partial charge is 0.110 e. The average Bonchev–Trinajstić information content (AvgIpc) is 1.94. The highest BCUT2D eigenvalue weighted by atomic mass is 14.5. The minimum atomic E-state index is 0.703. The Labute approximate surface area is 50.2 Å². The molecule has 0 aromatic carbocycles. The maximum absolute atomic E-state index is 4.10. The Morgan fingerprint density at radius 1 is 1.62 bits per heavy atom. The van der Waals surface area contributed by atoms with E-state index in [1.165, 1.54) is 19.3 Å². The second kappa shape index (κ2) is 2.68. The Morgan fingerprint density at radius 3 is 3.38 bits per heavy atom. The lowest BCUT2D eigenvalue weighted by Gasteiger charge is -1.91. The summed E-state index contributed by atoms with van der Waals surface area (Å²) in [6.45, 7) is 2.21. The first kappa shape index (κ1) is 5.58. The Morgan fingerprint density at radius 2 is 2.50 bits per heavy atom. The fourth-order valence-corrected chi connectivity index (χ4v) is 0.888. The molecule has 1 aliphatic rings. The highest BCUT2D eigenvalue weighted by molar-refractivity contribution is 5.68. The molecule has 0 aliphatic carbocycles. The van der Waals surface area contributed by atoms with Crippen molar-refractivity contribution >= 4 is 12.4 Å². The van der Waals surface area contributed by atoms with Crippen molar-refractivity contribution in [3.63, 3.8) is 0 Å². The van der Waals surface area contributed by atoms with E-state index in [1.54, 1.807) is 0 Å². The fourth-order valence-electron chi connectivity index (χ4n) is 0.888. The Kier molecular flexibility index (Phi) is 1.87. The zero-order valence-electron chi connectivity index (χ0n) is 5.30. The van der Waals surface area contributed by atoms with Crippen LogP contribution in [-0.2, 0) is 0 Å². The lowest BCUT2D eigenvalue weighted by atomic mass is 10.1. The second-order valence-corrected chi connectivity index (χ2v) is 2.39.